The highest BCUT2D eigenvalue weighted by molar-refractivity contribution is 5.89. The zero-order chi connectivity index (χ0) is 15.1. The second kappa shape index (κ2) is 7.84. The number of primary amides is 1. The predicted octanol–water partition coefficient (Wildman–Crippen LogP) is -0.275. The fourth-order valence-corrected chi connectivity index (χ4v) is 2.13. The Labute approximate surface area is 118 Å². The average Bonchev–Trinajstić information content (AvgIpc) is 2.89. The Morgan fingerprint density at radius 2 is 2.15 bits per heavy atom. The summed E-state index contributed by atoms with van der Waals surface area (Å²) in [5.74, 6) is -1.88. The molecule has 0 aromatic rings. The van der Waals surface area contributed by atoms with Gasteiger partial charge in [0.1, 0.15) is 12.1 Å². The van der Waals surface area contributed by atoms with Crippen LogP contribution in [0.3, 0.4) is 0 Å². The number of nitrogens with one attached hydrogen (secondary N) is 1. The highest BCUT2D eigenvalue weighted by atomic mass is 16.5. The van der Waals surface area contributed by atoms with Gasteiger partial charge < -0.3 is 20.5 Å². The van der Waals surface area contributed by atoms with Gasteiger partial charge in [-0.25, -0.2) is 0 Å². The Kier molecular flexibility index (Phi) is 6.44. The fourth-order valence-electron chi connectivity index (χ4n) is 2.13. The van der Waals surface area contributed by atoms with Gasteiger partial charge in [0.15, 0.2) is 0 Å². The predicted molar refractivity (Wildman–Crippen MR) is 70.5 cm³/mol. The summed E-state index contributed by atoms with van der Waals surface area (Å²) in [5, 5.41) is 2.56. The molecule has 0 bridgehead atoms. The molecular formula is C13H22N2O5. The Balaban J connectivity index is 2.56. The van der Waals surface area contributed by atoms with Crippen molar-refractivity contribution >= 4 is 17.8 Å². The molecule has 114 valence electrons. The topological polar surface area (TPSA) is 108 Å². The van der Waals surface area contributed by atoms with E-state index < -0.39 is 29.9 Å². The molecule has 1 aliphatic rings. The lowest BCUT2D eigenvalue weighted by molar-refractivity contribution is -0.145. The third kappa shape index (κ3) is 4.80. The number of hydrogen-bond donors (Lipinski definition) is 2. The zero-order valence-corrected chi connectivity index (χ0v) is 11.9. The summed E-state index contributed by atoms with van der Waals surface area (Å²) in [4.78, 5) is 34.8. The summed E-state index contributed by atoms with van der Waals surface area (Å²) in [6.45, 7) is 4.18. The zero-order valence-electron chi connectivity index (χ0n) is 11.9. The molecule has 20 heavy (non-hydrogen) atoms. The van der Waals surface area contributed by atoms with Crippen LogP contribution < -0.4 is 11.1 Å². The quantitative estimate of drug-likeness (QED) is 0.626. The second-order valence-electron chi connectivity index (χ2n) is 4.88. The van der Waals surface area contributed by atoms with Gasteiger partial charge in [0.25, 0.3) is 0 Å². The standard InChI is InChI=1S/C13H22N2O5/c1-3-19-10(16)7-8(2)11(12(14)17)15-13(18)9-5-4-6-20-9/h8-9,11H,3-7H2,1-2H3,(H2,14,17)(H,15,18)/t8-,9+,11-/m1/s1. The van der Waals surface area contributed by atoms with E-state index >= 15 is 0 Å². The Hall–Kier alpha value is -1.63. The number of carbonyl (C=O) groups is 3. The minimum absolute atomic E-state index is 0.0211. The lowest BCUT2D eigenvalue weighted by Gasteiger charge is -2.23. The maximum atomic E-state index is 11.9. The van der Waals surface area contributed by atoms with Crippen LogP contribution in [-0.2, 0) is 23.9 Å². The molecule has 0 spiro atoms. The lowest BCUT2D eigenvalue weighted by Crippen LogP contribution is -2.51. The average molecular weight is 286 g/mol. The van der Waals surface area contributed by atoms with Crippen LogP contribution in [0, 0.1) is 5.92 Å². The van der Waals surface area contributed by atoms with E-state index in [2.05, 4.69) is 5.32 Å². The first-order valence-corrected chi connectivity index (χ1v) is 6.82. The summed E-state index contributed by atoms with van der Waals surface area (Å²) in [5.41, 5.74) is 5.29. The van der Waals surface area contributed by atoms with Gasteiger partial charge in [-0.2, -0.15) is 0 Å². The van der Waals surface area contributed by atoms with Crippen LogP contribution in [0.1, 0.15) is 33.1 Å². The van der Waals surface area contributed by atoms with Crippen LogP contribution in [0.5, 0.6) is 0 Å². The Bertz CT molecular complexity index is 366. The molecule has 7 nitrogen and oxygen atoms in total. The number of nitrogens with two attached hydrogens (primary N) is 1. The lowest BCUT2D eigenvalue weighted by atomic mass is 9.97. The number of hydrogen-bond acceptors (Lipinski definition) is 5. The molecule has 3 atom stereocenters. The van der Waals surface area contributed by atoms with Crippen LogP contribution >= 0.6 is 0 Å². The van der Waals surface area contributed by atoms with Crippen molar-refractivity contribution in [3.63, 3.8) is 0 Å². The van der Waals surface area contributed by atoms with Crippen molar-refractivity contribution in [2.45, 2.75) is 45.3 Å². The van der Waals surface area contributed by atoms with Crippen molar-refractivity contribution in [3.8, 4) is 0 Å². The second-order valence-corrected chi connectivity index (χ2v) is 4.88. The third-order valence-electron chi connectivity index (χ3n) is 3.19. The van der Waals surface area contributed by atoms with Crippen molar-refractivity contribution in [1.29, 1.82) is 0 Å². The summed E-state index contributed by atoms with van der Waals surface area (Å²) in [7, 11) is 0. The molecule has 2 amide bonds. The molecule has 1 rings (SSSR count). The van der Waals surface area contributed by atoms with Crippen molar-refractivity contribution in [2.24, 2.45) is 11.7 Å². The molecule has 1 aliphatic heterocycles. The molecule has 3 N–H and O–H groups in total. The van der Waals surface area contributed by atoms with Crippen molar-refractivity contribution in [1.82, 2.24) is 5.32 Å². The van der Waals surface area contributed by atoms with Crippen molar-refractivity contribution < 1.29 is 23.9 Å². The molecule has 1 fully saturated rings. The third-order valence-corrected chi connectivity index (χ3v) is 3.19. The smallest absolute Gasteiger partial charge is 0.306 e. The highest BCUT2D eigenvalue weighted by Gasteiger charge is 2.31. The van der Waals surface area contributed by atoms with Gasteiger partial charge in [0.2, 0.25) is 11.8 Å². The number of rotatable bonds is 7. The van der Waals surface area contributed by atoms with Gasteiger partial charge in [-0.3, -0.25) is 14.4 Å². The maximum Gasteiger partial charge on any atom is 0.306 e. The van der Waals surface area contributed by atoms with Crippen molar-refractivity contribution in [3.05, 3.63) is 0 Å². The molecule has 1 heterocycles. The normalized spacial score (nSPS) is 21.0. The van der Waals surface area contributed by atoms with Crippen molar-refractivity contribution in [2.75, 3.05) is 13.2 Å². The van der Waals surface area contributed by atoms with Crippen LogP contribution in [0.4, 0.5) is 0 Å². The van der Waals surface area contributed by atoms with Gasteiger partial charge in [-0.1, -0.05) is 6.92 Å². The van der Waals surface area contributed by atoms with E-state index in [0.717, 1.165) is 6.42 Å². The SMILES string of the molecule is CCOC(=O)C[C@@H](C)[C@@H](NC(=O)[C@@H]1CCCO1)C(N)=O. The summed E-state index contributed by atoms with van der Waals surface area (Å²) >= 11 is 0. The van der Waals surface area contributed by atoms with Crippen LogP contribution in [0.15, 0.2) is 0 Å². The first-order chi connectivity index (χ1) is 9.45. The summed E-state index contributed by atoms with van der Waals surface area (Å²) in [6, 6.07) is -0.906. The van der Waals surface area contributed by atoms with E-state index in [1.165, 1.54) is 0 Å². The number of amides is 2. The number of esters is 1. The molecule has 0 aromatic carbocycles. The van der Waals surface area contributed by atoms with E-state index in [4.69, 9.17) is 15.2 Å². The Morgan fingerprint density at radius 1 is 1.45 bits per heavy atom. The van der Waals surface area contributed by atoms with Crippen LogP contribution in [0.2, 0.25) is 0 Å². The maximum absolute atomic E-state index is 11.9. The fraction of sp³-hybridized carbons (Fsp3) is 0.769. The van der Waals surface area contributed by atoms with Crippen LogP contribution in [-0.4, -0.2) is 43.1 Å². The number of carbonyl (C=O) groups excluding carboxylic acids is 3. The monoisotopic (exact) mass is 286 g/mol. The highest BCUT2D eigenvalue weighted by Crippen LogP contribution is 2.14. The molecular weight excluding hydrogens is 264 g/mol. The van der Waals surface area contributed by atoms with Gasteiger partial charge in [-0.05, 0) is 25.7 Å². The largest absolute Gasteiger partial charge is 0.466 e. The van der Waals surface area contributed by atoms with Crippen LogP contribution in [0.25, 0.3) is 0 Å². The molecule has 0 saturated carbocycles. The molecule has 0 aliphatic carbocycles. The molecule has 0 unspecified atom stereocenters. The summed E-state index contributed by atoms with van der Waals surface area (Å²) < 4.78 is 10.1. The first-order valence-electron chi connectivity index (χ1n) is 6.82. The van der Waals surface area contributed by atoms with Gasteiger partial charge >= 0.3 is 5.97 Å². The van der Waals surface area contributed by atoms with Gasteiger partial charge in [-0.15, -0.1) is 0 Å². The summed E-state index contributed by atoms with van der Waals surface area (Å²) in [6.07, 6.45) is 0.931. The molecule has 1 saturated heterocycles. The molecule has 7 heteroatoms. The van der Waals surface area contributed by atoms with Gasteiger partial charge in [0, 0.05) is 6.61 Å². The minimum Gasteiger partial charge on any atom is -0.466 e. The van der Waals surface area contributed by atoms with E-state index in [-0.39, 0.29) is 18.9 Å². The van der Waals surface area contributed by atoms with E-state index in [1.54, 1.807) is 13.8 Å². The first kappa shape index (κ1) is 16.4. The molecule has 0 aromatic heterocycles. The Morgan fingerprint density at radius 3 is 2.65 bits per heavy atom. The minimum atomic E-state index is -0.906. The number of ether oxygens (including phenoxy) is 2. The molecule has 0 radical (unpaired) electrons. The van der Waals surface area contributed by atoms with Gasteiger partial charge in [0.05, 0.1) is 13.0 Å². The van der Waals surface area contributed by atoms with E-state index in [1.807, 2.05) is 0 Å². The van der Waals surface area contributed by atoms with E-state index in [9.17, 15) is 14.4 Å². The van der Waals surface area contributed by atoms with E-state index in [0.29, 0.717) is 13.0 Å².